The van der Waals surface area contributed by atoms with Gasteiger partial charge in [-0.25, -0.2) is 0 Å². The first-order valence-electron chi connectivity index (χ1n) is 7.32. The van der Waals surface area contributed by atoms with E-state index in [9.17, 15) is 0 Å². The highest BCUT2D eigenvalue weighted by Gasteiger charge is 2.23. The van der Waals surface area contributed by atoms with E-state index in [2.05, 4.69) is 36.2 Å². The van der Waals surface area contributed by atoms with E-state index in [1.165, 1.54) is 42.1 Å². The third kappa shape index (κ3) is 4.71. The van der Waals surface area contributed by atoms with Crippen molar-refractivity contribution >= 4 is 11.3 Å². The van der Waals surface area contributed by atoms with Crippen molar-refractivity contribution in [2.45, 2.75) is 46.2 Å². The molecule has 2 rings (SSSR count). The number of rotatable bonds is 9. The molecule has 1 fully saturated rings. The minimum absolute atomic E-state index is 0.996. The molecule has 1 N–H and O–H groups in total. The number of nitrogens with one attached hydrogen (secondary N) is 1. The predicted octanol–water partition coefficient (Wildman–Crippen LogP) is 3.48. The van der Waals surface area contributed by atoms with Gasteiger partial charge in [0.2, 0.25) is 0 Å². The normalized spacial score (nSPS) is 15.5. The zero-order chi connectivity index (χ0) is 12.8. The van der Waals surface area contributed by atoms with Gasteiger partial charge in [-0.1, -0.05) is 13.8 Å². The van der Waals surface area contributed by atoms with E-state index in [4.69, 9.17) is 0 Å². The highest BCUT2D eigenvalue weighted by atomic mass is 32.1. The average molecular weight is 266 g/mol. The monoisotopic (exact) mass is 266 g/mol. The molecule has 0 bridgehead atoms. The lowest BCUT2D eigenvalue weighted by molar-refractivity contribution is 0.271. The van der Waals surface area contributed by atoms with Gasteiger partial charge >= 0.3 is 0 Å². The second-order valence-electron chi connectivity index (χ2n) is 5.32. The molecule has 0 radical (unpaired) electrons. The molecule has 0 amide bonds. The van der Waals surface area contributed by atoms with Crippen LogP contribution in [0.15, 0.2) is 12.1 Å². The Labute approximate surface area is 115 Å². The van der Waals surface area contributed by atoms with Crippen LogP contribution in [-0.4, -0.2) is 24.5 Å². The summed E-state index contributed by atoms with van der Waals surface area (Å²) < 4.78 is 0. The summed E-state index contributed by atoms with van der Waals surface area (Å²) in [5.74, 6) is 0.996. The van der Waals surface area contributed by atoms with E-state index in [0.717, 1.165) is 25.6 Å². The molecule has 1 aromatic heterocycles. The van der Waals surface area contributed by atoms with Gasteiger partial charge in [0.05, 0.1) is 0 Å². The van der Waals surface area contributed by atoms with Crippen molar-refractivity contribution < 1.29 is 0 Å². The van der Waals surface area contributed by atoms with Gasteiger partial charge < -0.3 is 5.32 Å². The Morgan fingerprint density at radius 2 is 2.06 bits per heavy atom. The summed E-state index contributed by atoms with van der Waals surface area (Å²) in [7, 11) is 0. The van der Waals surface area contributed by atoms with Gasteiger partial charge in [0.25, 0.3) is 0 Å². The standard InChI is InChI=1S/C15H26N2S/c1-3-9-16-10-14-7-8-15(18-14)12-17(4-2)11-13-5-6-13/h7-8,13,16H,3-6,9-12H2,1-2H3. The quantitative estimate of drug-likeness (QED) is 0.688. The fourth-order valence-corrected chi connectivity index (χ4v) is 3.21. The molecule has 0 spiro atoms. The highest BCUT2D eigenvalue weighted by Crippen LogP contribution is 2.30. The molecule has 3 heteroatoms. The summed E-state index contributed by atoms with van der Waals surface area (Å²) in [4.78, 5) is 5.58. The summed E-state index contributed by atoms with van der Waals surface area (Å²) in [6, 6.07) is 4.59. The van der Waals surface area contributed by atoms with Gasteiger partial charge in [-0.3, -0.25) is 4.90 Å². The van der Waals surface area contributed by atoms with Crippen LogP contribution in [0.2, 0.25) is 0 Å². The first kappa shape index (κ1) is 14.0. The topological polar surface area (TPSA) is 15.3 Å². The Bertz CT molecular complexity index is 344. The van der Waals surface area contributed by atoms with Crippen LogP contribution in [0.4, 0.5) is 0 Å². The molecule has 2 nitrogen and oxygen atoms in total. The van der Waals surface area contributed by atoms with Crippen LogP contribution in [0.3, 0.4) is 0 Å². The van der Waals surface area contributed by atoms with Crippen molar-refractivity contribution in [3.8, 4) is 0 Å². The molecule has 0 aliphatic heterocycles. The van der Waals surface area contributed by atoms with E-state index >= 15 is 0 Å². The number of hydrogen-bond acceptors (Lipinski definition) is 3. The minimum atomic E-state index is 0.996. The zero-order valence-corrected chi connectivity index (χ0v) is 12.6. The maximum atomic E-state index is 3.47. The van der Waals surface area contributed by atoms with E-state index in [1.54, 1.807) is 0 Å². The molecule has 102 valence electrons. The van der Waals surface area contributed by atoms with Crippen LogP contribution in [0, 0.1) is 5.92 Å². The summed E-state index contributed by atoms with van der Waals surface area (Å²) >= 11 is 1.97. The zero-order valence-electron chi connectivity index (χ0n) is 11.7. The Morgan fingerprint density at radius 3 is 2.72 bits per heavy atom. The molecule has 1 aromatic rings. The lowest BCUT2D eigenvalue weighted by Crippen LogP contribution is -2.24. The molecule has 18 heavy (non-hydrogen) atoms. The van der Waals surface area contributed by atoms with Crippen molar-refractivity contribution in [3.05, 3.63) is 21.9 Å². The smallest absolute Gasteiger partial charge is 0.0328 e. The van der Waals surface area contributed by atoms with Gasteiger partial charge in [-0.2, -0.15) is 0 Å². The van der Waals surface area contributed by atoms with Crippen LogP contribution >= 0.6 is 11.3 Å². The van der Waals surface area contributed by atoms with Gasteiger partial charge in [0, 0.05) is 29.4 Å². The summed E-state index contributed by atoms with van der Waals surface area (Å²) in [6.45, 7) is 10.3. The molecule has 0 aromatic carbocycles. The van der Waals surface area contributed by atoms with E-state index < -0.39 is 0 Å². The first-order valence-corrected chi connectivity index (χ1v) is 8.14. The molecule has 1 saturated carbocycles. The molecule has 0 atom stereocenters. The second-order valence-corrected chi connectivity index (χ2v) is 6.57. The summed E-state index contributed by atoms with van der Waals surface area (Å²) in [5, 5.41) is 3.47. The van der Waals surface area contributed by atoms with E-state index in [1.807, 2.05) is 11.3 Å². The molecule has 1 heterocycles. The van der Waals surface area contributed by atoms with Crippen molar-refractivity contribution in [1.82, 2.24) is 10.2 Å². The minimum Gasteiger partial charge on any atom is -0.312 e. The summed E-state index contributed by atoms with van der Waals surface area (Å²) in [6.07, 6.45) is 4.11. The van der Waals surface area contributed by atoms with Crippen molar-refractivity contribution in [2.24, 2.45) is 5.92 Å². The van der Waals surface area contributed by atoms with Gasteiger partial charge in [0.15, 0.2) is 0 Å². The van der Waals surface area contributed by atoms with Gasteiger partial charge in [-0.05, 0) is 50.4 Å². The predicted molar refractivity (Wildman–Crippen MR) is 80.0 cm³/mol. The largest absolute Gasteiger partial charge is 0.312 e. The van der Waals surface area contributed by atoms with Crippen LogP contribution in [0.1, 0.15) is 42.9 Å². The second kappa shape index (κ2) is 7.27. The molecular formula is C15H26N2S. The van der Waals surface area contributed by atoms with Gasteiger partial charge in [-0.15, -0.1) is 11.3 Å². The van der Waals surface area contributed by atoms with E-state index in [0.29, 0.717) is 0 Å². The Hall–Kier alpha value is -0.380. The van der Waals surface area contributed by atoms with Crippen LogP contribution in [-0.2, 0) is 13.1 Å². The molecule has 0 unspecified atom stereocenters. The van der Waals surface area contributed by atoms with Crippen LogP contribution in [0.25, 0.3) is 0 Å². The lowest BCUT2D eigenvalue weighted by atomic mass is 10.3. The Balaban J connectivity index is 1.76. The maximum absolute atomic E-state index is 3.47. The number of hydrogen-bond donors (Lipinski definition) is 1. The SMILES string of the molecule is CCCNCc1ccc(CN(CC)CC2CC2)s1. The third-order valence-electron chi connectivity index (χ3n) is 3.48. The molecule has 1 aliphatic carbocycles. The Kier molecular flexibility index (Phi) is 5.67. The fraction of sp³-hybridized carbons (Fsp3) is 0.733. The van der Waals surface area contributed by atoms with Crippen LogP contribution in [0.5, 0.6) is 0 Å². The Morgan fingerprint density at radius 1 is 1.28 bits per heavy atom. The third-order valence-corrected chi connectivity index (χ3v) is 4.55. The average Bonchev–Trinajstić information content (AvgIpc) is 3.08. The lowest BCUT2D eigenvalue weighted by Gasteiger charge is -2.18. The number of thiophene rings is 1. The van der Waals surface area contributed by atoms with Crippen molar-refractivity contribution in [1.29, 1.82) is 0 Å². The van der Waals surface area contributed by atoms with Crippen LogP contribution < -0.4 is 5.32 Å². The van der Waals surface area contributed by atoms with Crippen molar-refractivity contribution in [3.63, 3.8) is 0 Å². The number of nitrogens with zero attached hydrogens (tertiary/aromatic N) is 1. The molecular weight excluding hydrogens is 240 g/mol. The van der Waals surface area contributed by atoms with Crippen molar-refractivity contribution in [2.75, 3.05) is 19.6 Å². The molecule has 1 aliphatic rings. The first-order chi connectivity index (χ1) is 8.81. The van der Waals surface area contributed by atoms with Gasteiger partial charge in [0.1, 0.15) is 0 Å². The fourth-order valence-electron chi connectivity index (χ4n) is 2.18. The highest BCUT2D eigenvalue weighted by molar-refractivity contribution is 7.11. The van der Waals surface area contributed by atoms with E-state index in [-0.39, 0.29) is 0 Å². The molecule has 0 saturated heterocycles. The maximum Gasteiger partial charge on any atom is 0.0328 e. The summed E-state index contributed by atoms with van der Waals surface area (Å²) in [5.41, 5.74) is 0.